The van der Waals surface area contributed by atoms with Crippen LogP contribution in [0.3, 0.4) is 0 Å². The number of hydrogen-bond donors (Lipinski definition) is 3. The molecule has 0 bridgehead atoms. The summed E-state index contributed by atoms with van der Waals surface area (Å²) in [6.07, 6.45) is 0. The lowest BCUT2D eigenvalue weighted by Crippen LogP contribution is -2.65. The Labute approximate surface area is 245 Å². The van der Waals surface area contributed by atoms with Crippen LogP contribution in [-0.2, 0) is 26.8 Å². The van der Waals surface area contributed by atoms with Gasteiger partial charge in [-0.2, -0.15) is 35.3 Å². The van der Waals surface area contributed by atoms with Gasteiger partial charge in [0.25, 0.3) is 0 Å². The standard InChI is InChI=1S/C31H39N3O2S3/c1-30(32,23-38-21-26-14-8-4-9-15-26)28(35)34-31(2,24-39-22-27-16-10-5-11-17-27)29(36)33-18-19-37-20-25-12-6-3-7-13-25/h3-17H,18-24,32H2,1-2H3,(H,33,36)(H,34,35)/t30-,31-/m0/s1. The van der Waals surface area contributed by atoms with Crippen LogP contribution in [0.2, 0.25) is 0 Å². The van der Waals surface area contributed by atoms with Crippen LogP contribution in [-0.4, -0.2) is 46.7 Å². The van der Waals surface area contributed by atoms with Gasteiger partial charge in [0, 0.05) is 41.1 Å². The molecule has 3 aromatic carbocycles. The minimum atomic E-state index is -1.11. The first-order valence-electron chi connectivity index (χ1n) is 13.0. The second-order valence-corrected chi connectivity index (χ2v) is 13.0. The second kappa shape index (κ2) is 16.0. The van der Waals surface area contributed by atoms with Gasteiger partial charge in [0.1, 0.15) is 11.1 Å². The van der Waals surface area contributed by atoms with Gasteiger partial charge in [-0.25, -0.2) is 0 Å². The van der Waals surface area contributed by atoms with E-state index >= 15 is 0 Å². The molecular weight excluding hydrogens is 543 g/mol. The van der Waals surface area contributed by atoms with Crippen LogP contribution in [0.25, 0.3) is 0 Å². The molecule has 0 aromatic heterocycles. The van der Waals surface area contributed by atoms with Gasteiger partial charge >= 0.3 is 0 Å². The smallest absolute Gasteiger partial charge is 0.246 e. The Morgan fingerprint density at radius 1 is 0.667 bits per heavy atom. The highest BCUT2D eigenvalue weighted by Gasteiger charge is 2.39. The van der Waals surface area contributed by atoms with Gasteiger partial charge in [-0.15, -0.1) is 0 Å². The lowest BCUT2D eigenvalue weighted by molar-refractivity contribution is -0.134. The molecule has 3 aromatic rings. The molecular formula is C31H39N3O2S3. The summed E-state index contributed by atoms with van der Waals surface area (Å²) in [6.45, 7) is 4.05. The third-order valence-electron chi connectivity index (χ3n) is 6.07. The molecule has 0 heterocycles. The summed E-state index contributed by atoms with van der Waals surface area (Å²) in [5, 5.41) is 6.06. The molecule has 0 saturated heterocycles. The summed E-state index contributed by atoms with van der Waals surface area (Å²) < 4.78 is 0. The molecule has 0 saturated carbocycles. The van der Waals surface area contributed by atoms with Crippen molar-refractivity contribution < 1.29 is 9.59 Å². The van der Waals surface area contributed by atoms with Gasteiger partial charge in [0.05, 0.1) is 0 Å². The van der Waals surface area contributed by atoms with Crippen molar-refractivity contribution in [2.24, 2.45) is 5.73 Å². The molecule has 8 heteroatoms. The number of carbonyl (C=O) groups is 2. The number of nitrogens with one attached hydrogen (secondary N) is 2. The van der Waals surface area contributed by atoms with Gasteiger partial charge in [0.15, 0.2) is 0 Å². The molecule has 5 nitrogen and oxygen atoms in total. The first-order valence-corrected chi connectivity index (χ1v) is 16.5. The number of amides is 2. The summed E-state index contributed by atoms with van der Waals surface area (Å²) in [7, 11) is 0. The van der Waals surface area contributed by atoms with Crippen LogP contribution in [0.5, 0.6) is 0 Å². The van der Waals surface area contributed by atoms with Crippen molar-refractivity contribution in [3.8, 4) is 0 Å². The van der Waals surface area contributed by atoms with Gasteiger partial charge in [0.2, 0.25) is 11.8 Å². The third-order valence-corrected chi connectivity index (χ3v) is 9.76. The third kappa shape index (κ3) is 11.0. The lowest BCUT2D eigenvalue weighted by atomic mass is 9.99. The van der Waals surface area contributed by atoms with Gasteiger partial charge in [-0.05, 0) is 30.5 Å². The van der Waals surface area contributed by atoms with Crippen molar-refractivity contribution >= 4 is 47.1 Å². The fourth-order valence-electron chi connectivity index (χ4n) is 3.72. The highest BCUT2D eigenvalue weighted by Crippen LogP contribution is 2.22. The van der Waals surface area contributed by atoms with E-state index in [9.17, 15) is 9.59 Å². The zero-order valence-electron chi connectivity index (χ0n) is 22.7. The van der Waals surface area contributed by atoms with Gasteiger partial charge in [-0.1, -0.05) is 91.0 Å². The average Bonchev–Trinajstić information content (AvgIpc) is 2.94. The van der Waals surface area contributed by atoms with E-state index in [4.69, 9.17) is 5.73 Å². The van der Waals surface area contributed by atoms with Crippen LogP contribution in [0.4, 0.5) is 0 Å². The minimum Gasteiger partial charge on any atom is -0.353 e. The van der Waals surface area contributed by atoms with Crippen molar-refractivity contribution in [2.75, 3.05) is 23.8 Å². The molecule has 39 heavy (non-hydrogen) atoms. The van der Waals surface area contributed by atoms with Crippen LogP contribution in [0.1, 0.15) is 30.5 Å². The minimum absolute atomic E-state index is 0.190. The van der Waals surface area contributed by atoms with E-state index in [0.29, 0.717) is 18.1 Å². The summed E-state index contributed by atoms with van der Waals surface area (Å²) >= 11 is 5.01. The van der Waals surface area contributed by atoms with Gasteiger partial charge in [-0.3, -0.25) is 9.59 Å². The van der Waals surface area contributed by atoms with Crippen molar-refractivity contribution in [3.05, 3.63) is 108 Å². The monoisotopic (exact) mass is 581 g/mol. The number of hydrogen-bond acceptors (Lipinski definition) is 6. The summed E-state index contributed by atoms with van der Waals surface area (Å²) in [6, 6.07) is 30.5. The Morgan fingerprint density at radius 2 is 1.10 bits per heavy atom. The first kappa shape index (κ1) is 31.1. The van der Waals surface area contributed by atoms with E-state index in [1.807, 2.05) is 54.6 Å². The van der Waals surface area contributed by atoms with Crippen LogP contribution < -0.4 is 16.4 Å². The van der Waals surface area contributed by atoms with Crippen molar-refractivity contribution in [1.29, 1.82) is 0 Å². The van der Waals surface area contributed by atoms with E-state index in [0.717, 1.165) is 23.0 Å². The normalized spacial score (nSPS) is 14.1. The molecule has 0 spiro atoms. The Balaban J connectivity index is 1.55. The maximum absolute atomic E-state index is 13.4. The molecule has 0 fully saturated rings. The van der Waals surface area contributed by atoms with E-state index < -0.39 is 11.1 Å². The molecule has 208 valence electrons. The van der Waals surface area contributed by atoms with Gasteiger partial charge < -0.3 is 16.4 Å². The number of rotatable bonds is 16. The predicted molar refractivity (Wildman–Crippen MR) is 170 cm³/mol. The maximum Gasteiger partial charge on any atom is 0.246 e. The molecule has 0 unspecified atom stereocenters. The Morgan fingerprint density at radius 3 is 1.59 bits per heavy atom. The fourth-order valence-corrected chi connectivity index (χ4v) is 6.76. The molecule has 4 N–H and O–H groups in total. The summed E-state index contributed by atoms with van der Waals surface area (Å²) in [5.74, 6) is 3.56. The summed E-state index contributed by atoms with van der Waals surface area (Å²) in [5.41, 5.74) is 7.89. The van der Waals surface area contributed by atoms with Crippen molar-refractivity contribution in [2.45, 2.75) is 42.2 Å². The first-order chi connectivity index (χ1) is 18.8. The Bertz CT molecular complexity index is 1150. The maximum atomic E-state index is 13.4. The Kier molecular flexibility index (Phi) is 12.8. The second-order valence-electron chi connectivity index (χ2n) is 9.95. The van der Waals surface area contributed by atoms with E-state index in [1.165, 1.54) is 16.7 Å². The zero-order valence-corrected chi connectivity index (χ0v) is 25.2. The number of nitrogens with two attached hydrogens (primary N) is 1. The van der Waals surface area contributed by atoms with Crippen LogP contribution in [0, 0.1) is 0 Å². The number of benzene rings is 3. The lowest BCUT2D eigenvalue weighted by Gasteiger charge is -2.33. The fraction of sp³-hybridized carbons (Fsp3) is 0.355. The van der Waals surface area contributed by atoms with E-state index in [2.05, 4.69) is 47.0 Å². The molecule has 0 aliphatic carbocycles. The number of thioether (sulfide) groups is 3. The molecule has 0 radical (unpaired) electrons. The highest BCUT2D eigenvalue weighted by molar-refractivity contribution is 7.99. The average molecular weight is 582 g/mol. The predicted octanol–water partition coefficient (Wildman–Crippen LogP) is 5.50. The van der Waals surface area contributed by atoms with Crippen molar-refractivity contribution in [1.82, 2.24) is 10.6 Å². The Hall–Kier alpha value is -2.39. The van der Waals surface area contributed by atoms with Crippen LogP contribution in [0.15, 0.2) is 91.0 Å². The molecule has 3 rings (SSSR count). The molecule has 0 aliphatic heterocycles. The summed E-state index contributed by atoms with van der Waals surface area (Å²) in [4.78, 5) is 26.8. The van der Waals surface area contributed by atoms with E-state index in [1.54, 1.807) is 49.1 Å². The molecule has 0 aliphatic rings. The quantitative estimate of drug-likeness (QED) is 0.194. The topological polar surface area (TPSA) is 84.2 Å². The molecule has 2 amide bonds. The van der Waals surface area contributed by atoms with E-state index in [-0.39, 0.29) is 11.8 Å². The highest BCUT2D eigenvalue weighted by atomic mass is 32.2. The van der Waals surface area contributed by atoms with Crippen molar-refractivity contribution in [3.63, 3.8) is 0 Å². The zero-order chi connectivity index (χ0) is 28.0. The molecule has 2 atom stereocenters. The SMILES string of the molecule is C[C@](N)(CSCc1ccccc1)C(=O)N[C@@](C)(CSCc1ccccc1)C(=O)NCCSCc1ccccc1. The largest absolute Gasteiger partial charge is 0.353 e. The number of carbonyl (C=O) groups excluding carboxylic acids is 2. The van der Waals surface area contributed by atoms with Crippen LogP contribution >= 0.6 is 35.3 Å².